The van der Waals surface area contributed by atoms with Gasteiger partial charge in [0.05, 0.1) is 5.54 Å². The van der Waals surface area contributed by atoms with E-state index >= 15 is 0 Å². The molecule has 0 N–H and O–H groups in total. The largest absolute Gasteiger partial charge is 0.336 e. The summed E-state index contributed by atoms with van der Waals surface area (Å²) in [4.78, 5) is 13.2. The molecule has 1 atom stereocenters. The van der Waals surface area contributed by atoms with Crippen LogP contribution in [0.5, 0.6) is 0 Å². The van der Waals surface area contributed by atoms with Crippen molar-refractivity contribution in [2.24, 2.45) is 0 Å². The van der Waals surface area contributed by atoms with Gasteiger partial charge in [-0.15, -0.1) is 0 Å². The molecule has 1 heterocycles. The molecule has 1 aromatic rings. The summed E-state index contributed by atoms with van der Waals surface area (Å²) < 4.78 is 0. The average Bonchev–Trinajstić information content (AvgIpc) is 2.49. The van der Waals surface area contributed by atoms with Gasteiger partial charge < -0.3 is 4.90 Å². The van der Waals surface area contributed by atoms with Crippen molar-refractivity contribution in [2.45, 2.75) is 18.4 Å². The van der Waals surface area contributed by atoms with Crippen molar-refractivity contribution in [3.63, 3.8) is 0 Å². The summed E-state index contributed by atoms with van der Waals surface area (Å²) in [6, 6.07) is 10.0. The molecule has 1 aliphatic rings. The van der Waals surface area contributed by atoms with Gasteiger partial charge in [-0.1, -0.05) is 30.3 Å². The van der Waals surface area contributed by atoms with Crippen LogP contribution in [0.2, 0.25) is 0 Å². The second kappa shape index (κ2) is 3.12. The highest BCUT2D eigenvalue weighted by Gasteiger charge is 2.40. The summed E-state index contributed by atoms with van der Waals surface area (Å²) in [5.74, 6) is 0.184. The number of rotatable bonds is 1. The van der Waals surface area contributed by atoms with Gasteiger partial charge in [-0.05, 0) is 18.9 Å². The maximum Gasteiger partial charge on any atom is 0.223 e. The maximum atomic E-state index is 11.4. The van der Waals surface area contributed by atoms with E-state index in [1.807, 2.05) is 37.4 Å². The molecular formula is C12H14NO. The molecule has 0 aromatic heterocycles. The zero-order valence-electron chi connectivity index (χ0n) is 8.36. The first-order valence-electron chi connectivity index (χ1n) is 4.82. The van der Waals surface area contributed by atoms with Crippen LogP contribution in [0.3, 0.4) is 0 Å². The Hall–Kier alpha value is -1.31. The summed E-state index contributed by atoms with van der Waals surface area (Å²) in [7, 11) is 1.83. The van der Waals surface area contributed by atoms with E-state index in [1.54, 1.807) is 4.90 Å². The summed E-state index contributed by atoms with van der Waals surface area (Å²) in [6.45, 7) is 4.18. The molecule has 0 saturated carbocycles. The van der Waals surface area contributed by atoms with Gasteiger partial charge in [0, 0.05) is 13.5 Å². The van der Waals surface area contributed by atoms with Crippen molar-refractivity contribution >= 4 is 5.91 Å². The molecule has 73 valence electrons. The fourth-order valence-corrected chi connectivity index (χ4v) is 1.97. The Labute approximate surface area is 84.5 Å². The topological polar surface area (TPSA) is 20.3 Å². The smallest absolute Gasteiger partial charge is 0.223 e. The Kier molecular flexibility index (Phi) is 2.06. The number of nitrogens with zero attached hydrogens (tertiary/aromatic N) is 1. The minimum atomic E-state index is -0.349. The van der Waals surface area contributed by atoms with E-state index in [4.69, 9.17) is 0 Å². The molecule has 0 spiro atoms. The second-order valence-electron chi connectivity index (χ2n) is 3.85. The van der Waals surface area contributed by atoms with E-state index in [1.165, 1.54) is 0 Å². The summed E-state index contributed by atoms with van der Waals surface area (Å²) in [5.41, 5.74) is 0.770. The van der Waals surface area contributed by atoms with Crippen molar-refractivity contribution in [3.8, 4) is 0 Å². The molecule has 2 rings (SSSR count). The van der Waals surface area contributed by atoms with Crippen LogP contribution in [0.4, 0.5) is 0 Å². The predicted octanol–water partition coefficient (Wildman–Crippen LogP) is 1.97. The van der Waals surface area contributed by atoms with Gasteiger partial charge >= 0.3 is 0 Å². The third kappa shape index (κ3) is 1.22. The minimum absolute atomic E-state index is 0.184. The van der Waals surface area contributed by atoms with E-state index < -0.39 is 0 Å². The first kappa shape index (κ1) is 9.25. The lowest BCUT2D eigenvalue weighted by atomic mass is 9.90. The summed E-state index contributed by atoms with van der Waals surface area (Å²) >= 11 is 0. The lowest BCUT2D eigenvalue weighted by Gasteiger charge is -2.32. The van der Waals surface area contributed by atoms with Crippen LogP contribution in [0.15, 0.2) is 30.3 Å². The highest BCUT2D eigenvalue weighted by Crippen LogP contribution is 2.37. The van der Waals surface area contributed by atoms with Crippen molar-refractivity contribution in [2.75, 3.05) is 7.05 Å². The molecule has 1 amide bonds. The van der Waals surface area contributed by atoms with Gasteiger partial charge in [0.1, 0.15) is 0 Å². The number of benzene rings is 1. The maximum absolute atomic E-state index is 11.4. The molecule has 1 aromatic carbocycles. The third-order valence-electron chi connectivity index (χ3n) is 3.08. The molecule has 0 bridgehead atoms. The highest BCUT2D eigenvalue weighted by molar-refractivity contribution is 5.80. The van der Waals surface area contributed by atoms with Crippen molar-refractivity contribution in [1.29, 1.82) is 0 Å². The Bertz CT molecular complexity index is 347. The Balaban J connectivity index is 2.39. The molecule has 1 fully saturated rings. The van der Waals surface area contributed by atoms with Crippen LogP contribution in [0.1, 0.15) is 18.4 Å². The van der Waals surface area contributed by atoms with Gasteiger partial charge in [0.25, 0.3) is 0 Å². The monoisotopic (exact) mass is 188 g/mol. The summed E-state index contributed by atoms with van der Waals surface area (Å²) in [5, 5.41) is 0. The lowest BCUT2D eigenvalue weighted by molar-refractivity contribution is -0.129. The molecule has 1 unspecified atom stereocenters. The number of carbonyl (C=O) groups is 1. The first-order chi connectivity index (χ1) is 6.64. The fraction of sp³-hybridized carbons (Fsp3) is 0.333. The standard InChI is InChI=1S/C12H14NO/c1-12(9-8-11(14)13(12)2)10-6-4-3-5-7-10/h3-7H,1,8-9H2,2H3. The molecule has 0 aliphatic carbocycles. The first-order valence-corrected chi connectivity index (χ1v) is 4.82. The Morgan fingerprint density at radius 2 is 2.00 bits per heavy atom. The van der Waals surface area contributed by atoms with Crippen LogP contribution >= 0.6 is 0 Å². The van der Waals surface area contributed by atoms with E-state index in [0.717, 1.165) is 12.0 Å². The van der Waals surface area contributed by atoms with Crippen LogP contribution < -0.4 is 0 Å². The molecule has 1 radical (unpaired) electrons. The molecule has 1 aliphatic heterocycles. The van der Waals surface area contributed by atoms with Crippen molar-refractivity contribution < 1.29 is 4.79 Å². The van der Waals surface area contributed by atoms with Crippen molar-refractivity contribution in [1.82, 2.24) is 4.90 Å². The van der Waals surface area contributed by atoms with Gasteiger partial charge in [0.2, 0.25) is 5.91 Å². The van der Waals surface area contributed by atoms with Crippen molar-refractivity contribution in [3.05, 3.63) is 42.8 Å². The number of carbonyl (C=O) groups excluding carboxylic acids is 1. The van der Waals surface area contributed by atoms with Gasteiger partial charge in [0.15, 0.2) is 0 Å². The van der Waals surface area contributed by atoms with Crippen LogP contribution in [-0.2, 0) is 10.3 Å². The average molecular weight is 188 g/mol. The zero-order valence-corrected chi connectivity index (χ0v) is 8.36. The molecule has 2 heteroatoms. The predicted molar refractivity (Wildman–Crippen MR) is 55.5 cm³/mol. The highest BCUT2D eigenvalue weighted by atomic mass is 16.2. The molecule has 1 saturated heterocycles. The number of amides is 1. The quantitative estimate of drug-likeness (QED) is 0.659. The van der Waals surface area contributed by atoms with Gasteiger partial charge in [-0.3, -0.25) is 4.79 Å². The lowest BCUT2D eigenvalue weighted by Crippen LogP contribution is -2.37. The number of hydrogen-bond donors (Lipinski definition) is 0. The van der Waals surface area contributed by atoms with Crippen LogP contribution in [0, 0.1) is 6.92 Å². The SMILES string of the molecule is [CH2]C1(c2ccccc2)CCC(=O)N1C. The minimum Gasteiger partial charge on any atom is -0.336 e. The van der Waals surface area contributed by atoms with Crippen LogP contribution in [-0.4, -0.2) is 17.9 Å². The van der Waals surface area contributed by atoms with Gasteiger partial charge in [-0.25, -0.2) is 0 Å². The Morgan fingerprint density at radius 1 is 1.36 bits per heavy atom. The van der Waals surface area contributed by atoms with E-state index in [-0.39, 0.29) is 11.4 Å². The van der Waals surface area contributed by atoms with Crippen LogP contribution in [0.25, 0.3) is 0 Å². The van der Waals surface area contributed by atoms with Gasteiger partial charge in [-0.2, -0.15) is 0 Å². The second-order valence-corrected chi connectivity index (χ2v) is 3.85. The molecule has 14 heavy (non-hydrogen) atoms. The van der Waals surface area contributed by atoms with E-state index in [9.17, 15) is 4.79 Å². The Morgan fingerprint density at radius 3 is 2.50 bits per heavy atom. The fourth-order valence-electron chi connectivity index (χ4n) is 1.97. The normalized spacial score (nSPS) is 27.0. The number of likely N-dealkylation sites (tertiary alicyclic amines) is 1. The number of hydrogen-bond acceptors (Lipinski definition) is 1. The third-order valence-corrected chi connectivity index (χ3v) is 3.08. The molecule has 2 nitrogen and oxygen atoms in total. The molecular weight excluding hydrogens is 174 g/mol. The van der Waals surface area contributed by atoms with E-state index in [0.29, 0.717) is 6.42 Å². The summed E-state index contributed by atoms with van der Waals surface area (Å²) in [6.07, 6.45) is 1.42. The van der Waals surface area contributed by atoms with E-state index in [2.05, 4.69) is 6.92 Å². The zero-order chi connectivity index (χ0) is 10.2.